The molecule has 19 heavy (non-hydrogen) atoms. The number of anilines is 2. The lowest BCUT2D eigenvalue weighted by atomic mass is 10.1. The van der Waals surface area contributed by atoms with Crippen molar-refractivity contribution in [1.29, 1.82) is 0 Å². The minimum Gasteiger partial charge on any atom is -0.381 e. The zero-order chi connectivity index (χ0) is 13.1. The van der Waals surface area contributed by atoms with E-state index in [2.05, 4.69) is 16.0 Å². The second-order valence-corrected chi connectivity index (χ2v) is 5.53. The molecule has 0 bridgehead atoms. The van der Waals surface area contributed by atoms with E-state index in [9.17, 15) is 4.79 Å². The number of piperidine rings is 1. The Morgan fingerprint density at radius 2 is 1.84 bits per heavy atom. The molecular formula is C15H21N3O. The smallest absolute Gasteiger partial charge is 0.227 e. The first-order valence-electron chi connectivity index (χ1n) is 7.19. The van der Waals surface area contributed by atoms with Crippen molar-refractivity contribution in [2.24, 2.45) is 5.92 Å². The molecule has 1 amide bonds. The summed E-state index contributed by atoms with van der Waals surface area (Å²) in [6.45, 7) is 2.16. The van der Waals surface area contributed by atoms with E-state index >= 15 is 0 Å². The predicted octanol–water partition coefficient (Wildman–Crippen LogP) is 2.20. The summed E-state index contributed by atoms with van der Waals surface area (Å²) in [5, 5.41) is 9.87. The molecule has 1 atom stereocenters. The number of benzene rings is 1. The summed E-state index contributed by atoms with van der Waals surface area (Å²) >= 11 is 0. The molecule has 4 nitrogen and oxygen atoms in total. The van der Waals surface area contributed by atoms with E-state index in [1.807, 2.05) is 24.3 Å². The number of hydrogen-bond donors (Lipinski definition) is 3. The van der Waals surface area contributed by atoms with Crippen molar-refractivity contribution in [3.63, 3.8) is 0 Å². The molecule has 0 radical (unpaired) electrons. The van der Waals surface area contributed by atoms with E-state index in [4.69, 9.17) is 0 Å². The lowest BCUT2D eigenvalue weighted by molar-refractivity contribution is -0.117. The number of rotatable bonds is 4. The SMILES string of the molecule is O=C(Nc1ccc(NC2CCCNC2)cc1)C1CC1. The first kappa shape index (κ1) is 12.5. The maximum atomic E-state index is 11.6. The van der Waals surface area contributed by atoms with Gasteiger partial charge in [0.15, 0.2) is 0 Å². The fourth-order valence-corrected chi connectivity index (χ4v) is 2.45. The van der Waals surface area contributed by atoms with E-state index in [-0.39, 0.29) is 11.8 Å². The molecule has 1 aromatic carbocycles. The average Bonchev–Trinajstić information content (AvgIpc) is 3.27. The molecule has 1 unspecified atom stereocenters. The molecule has 2 aliphatic rings. The lowest BCUT2D eigenvalue weighted by Gasteiger charge is -2.24. The number of carbonyl (C=O) groups excluding carboxylic acids is 1. The summed E-state index contributed by atoms with van der Waals surface area (Å²) in [6, 6.07) is 8.53. The highest BCUT2D eigenvalue weighted by Crippen LogP contribution is 2.30. The quantitative estimate of drug-likeness (QED) is 0.777. The number of nitrogens with one attached hydrogen (secondary N) is 3. The molecule has 3 N–H and O–H groups in total. The third kappa shape index (κ3) is 3.47. The van der Waals surface area contributed by atoms with E-state index in [0.29, 0.717) is 6.04 Å². The third-order valence-corrected chi connectivity index (χ3v) is 3.77. The number of amides is 1. The van der Waals surface area contributed by atoms with Crippen LogP contribution in [0.5, 0.6) is 0 Å². The van der Waals surface area contributed by atoms with Crippen LogP contribution in [-0.2, 0) is 4.79 Å². The van der Waals surface area contributed by atoms with Gasteiger partial charge in [-0.05, 0) is 56.5 Å². The van der Waals surface area contributed by atoms with Gasteiger partial charge in [-0.2, -0.15) is 0 Å². The molecule has 1 aliphatic carbocycles. The molecule has 4 heteroatoms. The van der Waals surface area contributed by atoms with Crippen LogP contribution in [0.4, 0.5) is 11.4 Å². The van der Waals surface area contributed by atoms with Gasteiger partial charge in [-0.15, -0.1) is 0 Å². The third-order valence-electron chi connectivity index (χ3n) is 3.77. The van der Waals surface area contributed by atoms with Crippen LogP contribution in [0.1, 0.15) is 25.7 Å². The summed E-state index contributed by atoms with van der Waals surface area (Å²) < 4.78 is 0. The fraction of sp³-hybridized carbons (Fsp3) is 0.533. The monoisotopic (exact) mass is 259 g/mol. The summed E-state index contributed by atoms with van der Waals surface area (Å²) in [5.74, 6) is 0.420. The minimum absolute atomic E-state index is 0.164. The fourth-order valence-electron chi connectivity index (χ4n) is 2.45. The molecule has 1 saturated carbocycles. The van der Waals surface area contributed by atoms with Crippen molar-refractivity contribution in [2.45, 2.75) is 31.7 Å². The largest absolute Gasteiger partial charge is 0.381 e. The predicted molar refractivity (Wildman–Crippen MR) is 77.3 cm³/mol. The highest BCUT2D eigenvalue weighted by atomic mass is 16.2. The van der Waals surface area contributed by atoms with Gasteiger partial charge in [0.2, 0.25) is 5.91 Å². The normalized spacial score (nSPS) is 22.8. The summed E-state index contributed by atoms with van der Waals surface area (Å²) in [6.07, 6.45) is 4.53. The Balaban J connectivity index is 1.54. The van der Waals surface area contributed by atoms with Crippen molar-refractivity contribution in [3.05, 3.63) is 24.3 Å². The Kier molecular flexibility index (Phi) is 3.69. The zero-order valence-electron chi connectivity index (χ0n) is 11.1. The van der Waals surface area contributed by atoms with Gasteiger partial charge in [0.1, 0.15) is 0 Å². The Labute approximate surface area is 114 Å². The highest BCUT2D eigenvalue weighted by Gasteiger charge is 2.29. The van der Waals surface area contributed by atoms with Gasteiger partial charge in [0.05, 0.1) is 0 Å². The Morgan fingerprint density at radius 3 is 2.47 bits per heavy atom. The standard InChI is InChI=1S/C15H21N3O/c19-15(11-3-4-11)18-13-7-5-12(6-8-13)17-14-2-1-9-16-10-14/h5-8,11,14,16-17H,1-4,9-10H2,(H,18,19). The van der Waals surface area contributed by atoms with Crippen LogP contribution in [0.15, 0.2) is 24.3 Å². The van der Waals surface area contributed by atoms with Crippen LogP contribution in [-0.4, -0.2) is 25.0 Å². The van der Waals surface area contributed by atoms with Crippen LogP contribution in [0.3, 0.4) is 0 Å². The van der Waals surface area contributed by atoms with E-state index < -0.39 is 0 Å². The summed E-state index contributed by atoms with van der Waals surface area (Å²) in [4.78, 5) is 11.6. The molecule has 2 fully saturated rings. The summed E-state index contributed by atoms with van der Waals surface area (Å²) in [7, 11) is 0. The minimum atomic E-state index is 0.164. The van der Waals surface area contributed by atoms with Crippen LogP contribution < -0.4 is 16.0 Å². The van der Waals surface area contributed by atoms with Crippen molar-refractivity contribution in [3.8, 4) is 0 Å². The molecule has 1 saturated heterocycles. The Bertz CT molecular complexity index is 433. The van der Waals surface area contributed by atoms with Gasteiger partial charge in [-0.1, -0.05) is 0 Å². The maximum absolute atomic E-state index is 11.6. The lowest BCUT2D eigenvalue weighted by Crippen LogP contribution is -2.38. The van der Waals surface area contributed by atoms with Crippen molar-refractivity contribution in [2.75, 3.05) is 23.7 Å². The van der Waals surface area contributed by atoms with Gasteiger partial charge in [0, 0.05) is 29.9 Å². The molecule has 102 valence electrons. The van der Waals surface area contributed by atoms with Crippen LogP contribution in [0.25, 0.3) is 0 Å². The van der Waals surface area contributed by atoms with Crippen LogP contribution >= 0.6 is 0 Å². The molecule has 0 aromatic heterocycles. The van der Waals surface area contributed by atoms with E-state index in [1.165, 1.54) is 12.8 Å². The van der Waals surface area contributed by atoms with E-state index in [0.717, 1.165) is 37.3 Å². The van der Waals surface area contributed by atoms with Gasteiger partial charge < -0.3 is 16.0 Å². The summed E-state index contributed by atoms with van der Waals surface area (Å²) in [5.41, 5.74) is 2.02. The molecule has 1 aromatic rings. The second-order valence-electron chi connectivity index (χ2n) is 5.53. The van der Waals surface area contributed by atoms with Gasteiger partial charge in [-0.25, -0.2) is 0 Å². The number of carbonyl (C=O) groups is 1. The van der Waals surface area contributed by atoms with Crippen molar-refractivity contribution in [1.82, 2.24) is 5.32 Å². The zero-order valence-corrected chi connectivity index (χ0v) is 11.1. The average molecular weight is 259 g/mol. The van der Waals surface area contributed by atoms with Crippen LogP contribution in [0, 0.1) is 5.92 Å². The Hall–Kier alpha value is -1.55. The van der Waals surface area contributed by atoms with Gasteiger partial charge in [0.25, 0.3) is 0 Å². The van der Waals surface area contributed by atoms with Crippen LogP contribution in [0.2, 0.25) is 0 Å². The molecule has 3 rings (SSSR count). The highest BCUT2D eigenvalue weighted by molar-refractivity contribution is 5.94. The topological polar surface area (TPSA) is 53.2 Å². The van der Waals surface area contributed by atoms with Crippen molar-refractivity contribution >= 4 is 17.3 Å². The van der Waals surface area contributed by atoms with Gasteiger partial charge >= 0.3 is 0 Å². The Morgan fingerprint density at radius 1 is 1.11 bits per heavy atom. The van der Waals surface area contributed by atoms with Gasteiger partial charge in [-0.3, -0.25) is 4.79 Å². The van der Waals surface area contributed by atoms with E-state index in [1.54, 1.807) is 0 Å². The molecule has 1 heterocycles. The molecule has 0 spiro atoms. The first-order chi connectivity index (χ1) is 9.31. The molecular weight excluding hydrogens is 238 g/mol. The number of hydrogen-bond acceptors (Lipinski definition) is 3. The molecule has 1 aliphatic heterocycles. The second kappa shape index (κ2) is 5.61. The maximum Gasteiger partial charge on any atom is 0.227 e. The van der Waals surface area contributed by atoms with Crippen molar-refractivity contribution < 1.29 is 4.79 Å². The first-order valence-corrected chi connectivity index (χ1v) is 7.19.